The van der Waals surface area contributed by atoms with Crippen LogP contribution in [0.25, 0.3) is 0 Å². The van der Waals surface area contributed by atoms with Gasteiger partial charge in [0.1, 0.15) is 6.61 Å². The van der Waals surface area contributed by atoms with Gasteiger partial charge in [0.15, 0.2) is 23.5 Å². The van der Waals surface area contributed by atoms with Gasteiger partial charge in [0, 0.05) is 23.9 Å². The second kappa shape index (κ2) is 8.14. The van der Waals surface area contributed by atoms with Gasteiger partial charge in [-0.05, 0) is 75.9 Å². The van der Waals surface area contributed by atoms with Gasteiger partial charge >= 0.3 is 0 Å². The molecule has 0 bridgehead atoms. The summed E-state index contributed by atoms with van der Waals surface area (Å²) < 4.78 is 28.1. The molecule has 3 fully saturated rings. The first-order chi connectivity index (χ1) is 15.0. The monoisotopic (exact) mass is 448 g/mol. The van der Waals surface area contributed by atoms with Crippen molar-refractivity contribution >= 4 is 11.6 Å². The minimum Gasteiger partial charge on any atom is -0.390 e. The Kier molecular flexibility index (Phi) is 6.05. The molecule has 0 spiro atoms. The van der Waals surface area contributed by atoms with Gasteiger partial charge in [-0.2, -0.15) is 0 Å². The van der Waals surface area contributed by atoms with E-state index in [-0.39, 0.29) is 48.3 Å². The van der Waals surface area contributed by atoms with Crippen molar-refractivity contribution in [2.24, 2.45) is 34.5 Å². The Hall–Kier alpha value is -1.37. The lowest BCUT2D eigenvalue weighted by Gasteiger charge is -2.62. The van der Waals surface area contributed by atoms with Gasteiger partial charge in [0.05, 0.1) is 6.10 Å². The van der Waals surface area contributed by atoms with Gasteiger partial charge in [0.2, 0.25) is 0 Å². The molecule has 4 rings (SSSR count). The Morgan fingerprint density at radius 1 is 1.31 bits per heavy atom. The molecular weight excluding hydrogens is 411 g/mol. The summed E-state index contributed by atoms with van der Waals surface area (Å²) in [6.45, 7) is 10.1. The summed E-state index contributed by atoms with van der Waals surface area (Å²) in [4.78, 5) is 25.2. The van der Waals surface area contributed by atoms with E-state index in [0.717, 1.165) is 12.0 Å². The van der Waals surface area contributed by atoms with Crippen molar-refractivity contribution in [3.05, 3.63) is 23.8 Å². The van der Waals surface area contributed by atoms with Crippen molar-refractivity contribution in [1.29, 1.82) is 0 Å². The minimum atomic E-state index is -1.85. The van der Waals surface area contributed by atoms with Crippen molar-refractivity contribution in [2.75, 3.05) is 13.2 Å². The van der Waals surface area contributed by atoms with Gasteiger partial charge in [-0.3, -0.25) is 9.59 Å². The number of hydrogen-bond donors (Lipinski definition) is 1. The summed E-state index contributed by atoms with van der Waals surface area (Å²) in [7, 11) is 0. The first-order valence-corrected chi connectivity index (χ1v) is 12.1. The molecule has 1 N–H and O–H groups in total. The number of ketones is 2. The maximum absolute atomic E-state index is 17.1. The number of rotatable bonds is 6. The van der Waals surface area contributed by atoms with Crippen LogP contribution in [0.4, 0.5) is 4.39 Å². The Labute approximate surface area is 190 Å². The second-order valence-electron chi connectivity index (χ2n) is 10.8. The van der Waals surface area contributed by atoms with Gasteiger partial charge in [-0.15, -0.1) is 0 Å². The highest BCUT2D eigenvalue weighted by Crippen LogP contribution is 2.69. The van der Waals surface area contributed by atoms with Crippen molar-refractivity contribution in [3.8, 4) is 0 Å². The molecule has 4 aliphatic rings. The van der Waals surface area contributed by atoms with Crippen LogP contribution in [0.15, 0.2) is 23.8 Å². The Morgan fingerprint density at radius 2 is 2.03 bits per heavy atom. The molecule has 4 aliphatic carbocycles. The number of aliphatic hydroxyl groups is 1. The SMILES string of the molecule is CCOC(C)OCC(=O)[C@H]1[C@H](C)C[C@H]2[C@@H]3CCC4=CC(=O)C=C[C@]4(C)[C@@]3(F)[C@@H](O)C[C@@]21C. The zero-order valence-corrected chi connectivity index (χ0v) is 19.9. The van der Waals surface area contributed by atoms with E-state index in [2.05, 4.69) is 13.8 Å². The smallest absolute Gasteiger partial charge is 0.178 e. The summed E-state index contributed by atoms with van der Waals surface area (Å²) in [5.41, 5.74) is -2.55. The van der Waals surface area contributed by atoms with Crippen LogP contribution in [0.2, 0.25) is 0 Å². The van der Waals surface area contributed by atoms with Gasteiger partial charge in [-0.25, -0.2) is 4.39 Å². The molecule has 0 aromatic rings. The largest absolute Gasteiger partial charge is 0.390 e. The first-order valence-electron chi connectivity index (χ1n) is 12.1. The molecule has 178 valence electrons. The molecule has 6 heteroatoms. The number of hydrogen-bond acceptors (Lipinski definition) is 5. The average Bonchev–Trinajstić information content (AvgIpc) is 2.98. The van der Waals surface area contributed by atoms with E-state index >= 15 is 4.39 Å². The van der Waals surface area contributed by atoms with Gasteiger partial charge in [-0.1, -0.05) is 25.5 Å². The number of aliphatic hydroxyl groups excluding tert-OH is 1. The Morgan fingerprint density at radius 3 is 2.72 bits per heavy atom. The molecule has 0 aromatic carbocycles. The maximum Gasteiger partial charge on any atom is 0.178 e. The number of alkyl halides is 1. The number of halogens is 1. The number of Topliss-reactive ketones (excluding diaryl/α,β-unsaturated/α-hetero) is 1. The molecule has 32 heavy (non-hydrogen) atoms. The maximum atomic E-state index is 17.1. The Bertz CT molecular complexity index is 851. The lowest BCUT2D eigenvalue weighted by atomic mass is 9.45. The highest BCUT2D eigenvalue weighted by molar-refractivity contribution is 6.01. The van der Waals surface area contributed by atoms with Crippen molar-refractivity contribution in [1.82, 2.24) is 0 Å². The van der Waals surface area contributed by atoms with Crippen LogP contribution >= 0.6 is 0 Å². The van der Waals surface area contributed by atoms with Crippen LogP contribution < -0.4 is 0 Å². The second-order valence-corrected chi connectivity index (χ2v) is 10.8. The summed E-state index contributed by atoms with van der Waals surface area (Å²) in [5.74, 6) is -0.664. The molecule has 5 nitrogen and oxygen atoms in total. The zero-order valence-electron chi connectivity index (χ0n) is 19.9. The normalized spacial score (nSPS) is 46.2. The molecule has 0 amide bonds. The number of fused-ring (bicyclic) bond motifs is 5. The molecule has 1 unspecified atom stereocenters. The Balaban J connectivity index is 1.63. The molecule has 0 aromatic heterocycles. The summed E-state index contributed by atoms with van der Waals surface area (Å²) >= 11 is 0. The fourth-order valence-corrected chi connectivity index (χ4v) is 7.84. The van der Waals surface area contributed by atoms with Crippen LogP contribution in [0.5, 0.6) is 0 Å². The standard InChI is InChI=1S/C26H37FO5/c1-6-31-16(3)32-14-21(29)23-15(2)11-20-19-8-7-17-12-18(28)9-10-25(17,5)26(19,27)22(30)13-24(20,23)4/h9-10,12,15-16,19-20,22-23,30H,6-8,11,13-14H2,1-5H3/t15-,16?,19+,20+,22+,23-,24+,25+,26+/m1/s1. The third kappa shape index (κ3) is 3.28. The predicted molar refractivity (Wildman–Crippen MR) is 118 cm³/mol. The molecule has 0 heterocycles. The van der Waals surface area contributed by atoms with E-state index in [1.54, 1.807) is 19.1 Å². The molecule has 0 saturated heterocycles. The van der Waals surface area contributed by atoms with E-state index in [1.165, 1.54) is 6.08 Å². The van der Waals surface area contributed by atoms with E-state index in [4.69, 9.17) is 9.47 Å². The topological polar surface area (TPSA) is 72.8 Å². The van der Waals surface area contributed by atoms with E-state index in [0.29, 0.717) is 19.4 Å². The molecule has 0 radical (unpaired) electrons. The lowest BCUT2D eigenvalue weighted by Crippen LogP contribution is -2.66. The van der Waals surface area contributed by atoms with Crippen LogP contribution in [0.3, 0.4) is 0 Å². The summed E-state index contributed by atoms with van der Waals surface area (Å²) in [6.07, 6.45) is 5.23. The van der Waals surface area contributed by atoms with E-state index in [9.17, 15) is 14.7 Å². The zero-order chi connectivity index (χ0) is 23.5. The first kappa shape index (κ1) is 23.8. The third-order valence-electron chi connectivity index (χ3n) is 9.19. The highest BCUT2D eigenvalue weighted by Gasteiger charge is 2.71. The van der Waals surface area contributed by atoms with Crippen LogP contribution in [-0.4, -0.2) is 47.9 Å². The molecule has 3 saturated carbocycles. The van der Waals surface area contributed by atoms with Gasteiger partial charge in [0.25, 0.3) is 0 Å². The van der Waals surface area contributed by atoms with Crippen LogP contribution in [-0.2, 0) is 19.1 Å². The molecular formula is C26H37FO5. The third-order valence-corrected chi connectivity index (χ3v) is 9.19. The van der Waals surface area contributed by atoms with Crippen molar-refractivity contribution in [3.63, 3.8) is 0 Å². The van der Waals surface area contributed by atoms with Crippen LogP contribution in [0, 0.1) is 34.5 Å². The van der Waals surface area contributed by atoms with E-state index < -0.39 is 28.9 Å². The average molecular weight is 449 g/mol. The number of carbonyl (C=O) groups is 2. The molecule has 9 atom stereocenters. The minimum absolute atomic E-state index is 0.00596. The quantitative estimate of drug-likeness (QED) is 0.617. The fraction of sp³-hybridized carbons (Fsp3) is 0.769. The number of allylic oxidation sites excluding steroid dienone is 4. The van der Waals surface area contributed by atoms with Crippen LogP contribution in [0.1, 0.15) is 60.3 Å². The van der Waals surface area contributed by atoms with Gasteiger partial charge < -0.3 is 14.6 Å². The van der Waals surface area contributed by atoms with Crippen molar-refractivity contribution in [2.45, 2.75) is 78.4 Å². The number of ether oxygens (including phenoxy) is 2. The predicted octanol–water partition coefficient (Wildman–Crippen LogP) is 4.19. The lowest BCUT2D eigenvalue weighted by molar-refractivity contribution is -0.197. The van der Waals surface area contributed by atoms with Crippen molar-refractivity contribution < 1.29 is 28.6 Å². The fourth-order valence-electron chi connectivity index (χ4n) is 7.84. The highest BCUT2D eigenvalue weighted by atomic mass is 19.1. The van der Waals surface area contributed by atoms with E-state index in [1.807, 2.05) is 13.8 Å². The summed E-state index contributed by atoms with van der Waals surface area (Å²) in [5, 5.41) is 11.3. The number of carbonyl (C=O) groups excluding carboxylic acids is 2. The summed E-state index contributed by atoms with van der Waals surface area (Å²) in [6, 6.07) is 0. The molecule has 0 aliphatic heterocycles.